The van der Waals surface area contributed by atoms with E-state index in [-0.39, 0.29) is 12.4 Å². The number of rotatable bonds is 3. The van der Waals surface area contributed by atoms with E-state index >= 15 is 0 Å². The molecule has 0 amide bonds. The molecule has 0 unspecified atom stereocenters. The highest BCUT2D eigenvalue weighted by Crippen LogP contribution is 2.62. The van der Waals surface area contributed by atoms with Crippen LogP contribution in [-0.2, 0) is 0 Å². The number of hydrogen-bond donors (Lipinski definition) is 0. The fraction of sp³-hybridized carbons (Fsp3) is 0.800. The maximum atomic E-state index is 2.51. The zero-order valence-corrected chi connectivity index (χ0v) is 10.1. The molecule has 12 heavy (non-hydrogen) atoms. The van der Waals surface area contributed by atoms with Crippen molar-refractivity contribution in [3.8, 4) is 0 Å². The zero-order valence-electron chi connectivity index (χ0n) is 8.44. The van der Waals surface area contributed by atoms with Crippen molar-refractivity contribution in [2.24, 2.45) is 0 Å². The van der Waals surface area contributed by atoms with Crippen molar-refractivity contribution in [1.82, 2.24) is 0 Å². The monoisotopic (exact) mass is 206 g/mol. The molecule has 0 saturated heterocycles. The van der Waals surface area contributed by atoms with Crippen LogP contribution in [0.25, 0.3) is 0 Å². The lowest BCUT2D eigenvalue weighted by Crippen LogP contribution is -3.00. The van der Waals surface area contributed by atoms with E-state index in [0.29, 0.717) is 0 Å². The molecule has 2 heteroatoms. The molecule has 0 saturated carbocycles. The average molecular weight is 207 g/mol. The molecular formula is C10H20ClP. The zero-order chi connectivity index (χ0) is 8.32. The predicted molar refractivity (Wildman–Crippen MR) is 56.1 cm³/mol. The van der Waals surface area contributed by atoms with Gasteiger partial charge in [0.2, 0.25) is 0 Å². The van der Waals surface area contributed by atoms with E-state index in [1.54, 1.807) is 5.57 Å². The van der Waals surface area contributed by atoms with Gasteiger partial charge in [0.05, 0.1) is 24.6 Å². The summed E-state index contributed by atoms with van der Waals surface area (Å²) in [6.07, 6.45) is 9.66. The van der Waals surface area contributed by atoms with Gasteiger partial charge in [-0.2, -0.15) is 0 Å². The summed E-state index contributed by atoms with van der Waals surface area (Å²) in [7, 11) is -0.474. The van der Waals surface area contributed by atoms with Crippen molar-refractivity contribution in [2.75, 3.05) is 24.6 Å². The quantitative estimate of drug-likeness (QED) is 0.463. The van der Waals surface area contributed by atoms with E-state index in [0.717, 1.165) is 0 Å². The Morgan fingerprint density at radius 3 is 2.08 bits per heavy atom. The molecule has 1 rings (SSSR count). The molecule has 0 N–H and O–H groups in total. The summed E-state index contributed by atoms with van der Waals surface area (Å²) in [6, 6.07) is 0. The molecule has 0 nitrogen and oxygen atoms in total. The van der Waals surface area contributed by atoms with Crippen LogP contribution in [0.1, 0.15) is 27.2 Å². The highest BCUT2D eigenvalue weighted by atomic mass is 35.5. The maximum absolute atomic E-state index is 2.51. The average Bonchev–Trinajstić information content (AvgIpc) is 2.49. The summed E-state index contributed by atoms with van der Waals surface area (Å²) in [5.41, 5.74) is 1.74. The standard InChI is InChI=1S/C10H20P.ClH/c1-4-10-7-8-11(5-2,6-3)9-10;/h7H,4-6,8-9H2,1-3H3;1H/q+1;/p-1. The van der Waals surface area contributed by atoms with Crippen LogP contribution in [0.2, 0.25) is 0 Å². The summed E-state index contributed by atoms with van der Waals surface area (Å²) in [6.45, 7) is 7.05. The summed E-state index contributed by atoms with van der Waals surface area (Å²) < 4.78 is 0. The molecule has 1 aliphatic rings. The van der Waals surface area contributed by atoms with Crippen molar-refractivity contribution in [1.29, 1.82) is 0 Å². The van der Waals surface area contributed by atoms with E-state index in [2.05, 4.69) is 26.8 Å². The van der Waals surface area contributed by atoms with Crippen molar-refractivity contribution in [2.45, 2.75) is 27.2 Å². The Kier molecular flexibility index (Phi) is 5.45. The molecular weight excluding hydrogens is 187 g/mol. The first-order chi connectivity index (χ1) is 5.26. The van der Waals surface area contributed by atoms with E-state index in [9.17, 15) is 0 Å². The van der Waals surface area contributed by atoms with Crippen LogP contribution in [0.4, 0.5) is 0 Å². The molecule has 0 aromatic carbocycles. The van der Waals surface area contributed by atoms with Gasteiger partial charge in [-0.15, -0.1) is 0 Å². The van der Waals surface area contributed by atoms with Gasteiger partial charge in [-0.05, 0) is 31.9 Å². The molecule has 0 radical (unpaired) electrons. The second-order valence-corrected chi connectivity index (χ2v) is 8.16. The van der Waals surface area contributed by atoms with Crippen LogP contribution < -0.4 is 12.4 Å². The molecule has 72 valence electrons. The summed E-state index contributed by atoms with van der Waals surface area (Å²) >= 11 is 0. The van der Waals surface area contributed by atoms with Gasteiger partial charge < -0.3 is 12.4 Å². The highest BCUT2D eigenvalue weighted by Gasteiger charge is 2.36. The molecule has 0 atom stereocenters. The molecule has 0 aliphatic carbocycles. The second-order valence-electron chi connectivity index (χ2n) is 3.53. The molecule has 1 heterocycles. The van der Waals surface area contributed by atoms with Crippen LogP contribution in [0.5, 0.6) is 0 Å². The second kappa shape index (κ2) is 5.25. The van der Waals surface area contributed by atoms with Crippen LogP contribution in [-0.4, -0.2) is 24.6 Å². The lowest BCUT2D eigenvalue weighted by Gasteiger charge is -2.18. The van der Waals surface area contributed by atoms with Crippen LogP contribution in [0.3, 0.4) is 0 Å². The van der Waals surface area contributed by atoms with Crippen molar-refractivity contribution in [3.63, 3.8) is 0 Å². The van der Waals surface area contributed by atoms with E-state index < -0.39 is 7.26 Å². The Labute approximate surface area is 83.6 Å². The molecule has 1 aliphatic heterocycles. The van der Waals surface area contributed by atoms with Gasteiger partial charge in [0.1, 0.15) is 0 Å². The van der Waals surface area contributed by atoms with Crippen LogP contribution in [0, 0.1) is 0 Å². The fourth-order valence-electron chi connectivity index (χ4n) is 1.84. The molecule has 0 fully saturated rings. The Balaban J connectivity index is 0.00000121. The van der Waals surface area contributed by atoms with Gasteiger partial charge in [-0.1, -0.05) is 6.92 Å². The van der Waals surface area contributed by atoms with E-state index in [4.69, 9.17) is 0 Å². The summed E-state index contributed by atoms with van der Waals surface area (Å²) in [4.78, 5) is 0. The Morgan fingerprint density at radius 2 is 1.83 bits per heavy atom. The first-order valence-corrected chi connectivity index (χ1v) is 7.32. The van der Waals surface area contributed by atoms with Crippen molar-refractivity contribution < 1.29 is 12.4 Å². The smallest absolute Gasteiger partial charge is 0.0807 e. The first-order valence-electron chi connectivity index (χ1n) is 4.79. The van der Waals surface area contributed by atoms with Crippen LogP contribution >= 0.6 is 7.26 Å². The minimum atomic E-state index is -0.474. The topological polar surface area (TPSA) is 0 Å². The molecule has 0 bridgehead atoms. The summed E-state index contributed by atoms with van der Waals surface area (Å²) in [5, 5.41) is 0. The van der Waals surface area contributed by atoms with Gasteiger partial charge in [0, 0.05) is 7.26 Å². The Bertz CT molecular complexity index is 159. The normalized spacial score (nSPS) is 20.1. The third-order valence-corrected chi connectivity index (χ3v) is 7.82. The lowest BCUT2D eigenvalue weighted by atomic mass is 10.2. The van der Waals surface area contributed by atoms with Gasteiger partial charge in [0.15, 0.2) is 0 Å². The molecule has 0 spiro atoms. The summed E-state index contributed by atoms with van der Waals surface area (Å²) in [5.74, 6) is 0. The van der Waals surface area contributed by atoms with Gasteiger partial charge >= 0.3 is 0 Å². The number of halogens is 1. The third-order valence-electron chi connectivity index (χ3n) is 3.10. The Hall–Kier alpha value is 0.460. The maximum Gasteiger partial charge on any atom is 0.0807 e. The van der Waals surface area contributed by atoms with Gasteiger partial charge in [0.25, 0.3) is 0 Å². The predicted octanol–water partition coefficient (Wildman–Crippen LogP) is 0.398. The number of allylic oxidation sites excluding steroid dienone is 2. The minimum absolute atomic E-state index is 0. The van der Waals surface area contributed by atoms with Gasteiger partial charge in [-0.3, -0.25) is 0 Å². The molecule has 0 aromatic rings. The minimum Gasteiger partial charge on any atom is -1.00 e. The van der Waals surface area contributed by atoms with Gasteiger partial charge in [-0.25, -0.2) is 0 Å². The third kappa shape index (κ3) is 2.47. The first kappa shape index (κ1) is 12.5. The lowest BCUT2D eigenvalue weighted by molar-refractivity contribution is -0.00000255. The van der Waals surface area contributed by atoms with Crippen molar-refractivity contribution >= 4 is 7.26 Å². The highest BCUT2D eigenvalue weighted by molar-refractivity contribution is 7.76. The largest absolute Gasteiger partial charge is 1.00 e. The number of hydrogen-bond acceptors (Lipinski definition) is 0. The van der Waals surface area contributed by atoms with E-state index in [1.165, 1.54) is 31.1 Å². The fourth-order valence-corrected chi connectivity index (χ4v) is 5.24. The van der Waals surface area contributed by atoms with Crippen molar-refractivity contribution in [3.05, 3.63) is 11.6 Å². The SMILES string of the molecule is CCC1=CC[P+](CC)(CC)C1.[Cl-]. The van der Waals surface area contributed by atoms with E-state index in [1.807, 2.05) is 0 Å². The molecule has 0 aromatic heterocycles. The van der Waals surface area contributed by atoms with Crippen LogP contribution in [0.15, 0.2) is 11.6 Å². The Morgan fingerprint density at radius 1 is 1.25 bits per heavy atom.